The number of carbonyl (C=O) groups excluding carboxylic acids is 1. The van der Waals surface area contributed by atoms with Gasteiger partial charge in [-0.1, -0.05) is 186 Å². The van der Waals surface area contributed by atoms with E-state index in [1.54, 1.807) is 0 Å². The average molecular weight is 722 g/mol. The summed E-state index contributed by atoms with van der Waals surface area (Å²) >= 11 is 0. The van der Waals surface area contributed by atoms with Crippen molar-refractivity contribution >= 4 is 5.91 Å². The first-order valence-electron chi connectivity index (χ1n) is 22.2. The minimum Gasteiger partial charge on any atom is -0.394 e. The Morgan fingerprint density at radius 2 is 0.804 bits per heavy atom. The Morgan fingerprint density at radius 1 is 0.471 bits per heavy atom. The normalized spacial score (nSPS) is 14.4. The van der Waals surface area contributed by atoms with E-state index < -0.39 is 36.9 Å². The van der Waals surface area contributed by atoms with Crippen molar-refractivity contribution in [2.24, 2.45) is 0 Å². The third kappa shape index (κ3) is 34.3. The van der Waals surface area contributed by atoms with Gasteiger partial charge in [0.25, 0.3) is 0 Å². The number of unbranched alkanes of at least 4 members (excludes halogenated alkanes) is 27. The minimum atomic E-state index is -1.29. The van der Waals surface area contributed by atoms with Crippen molar-refractivity contribution in [3.05, 3.63) is 24.3 Å². The van der Waals surface area contributed by atoms with Gasteiger partial charge in [-0.15, -0.1) is 0 Å². The summed E-state index contributed by atoms with van der Waals surface area (Å²) in [5.74, 6) is -0.610. The van der Waals surface area contributed by atoms with E-state index in [1.165, 1.54) is 154 Å². The Balaban J connectivity index is 3.74. The van der Waals surface area contributed by atoms with Crippen LogP contribution in [0.5, 0.6) is 0 Å². The number of hydrogen-bond donors (Lipinski definition) is 5. The van der Waals surface area contributed by atoms with Crippen LogP contribution in [-0.2, 0) is 4.79 Å². The standard InChI is InChI=1S/C45H87NO5/c1-3-5-7-9-11-13-15-17-18-19-20-21-22-23-24-25-26-27-29-30-32-34-36-38-42(48)44(50)41(40-47)46-45(51)43(49)39-37-35-33-31-28-16-14-12-10-8-6-4-2/h28,30-32,41-44,47-50H,3-27,29,33-40H2,1-2H3,(H,46,51)/b31-28-,32-30+. The Bertz CT molecular complexity index is 772. The molecule has 0 bridgehead atoms. The highest BCUT2D eigenvalue weighted by molar-refractivity contribution is 5.80. The van der Waals surface area contributed by atoms with Gasteiger partial charge in [0.1, 0.15) is 12.2 Å². The van der Waals surface area contributed by atoms with Gasteiger partial charge in [-0.25, -0.2) is 0 Å². The number of carbonyl (C=O) groups is 1. The zero-order chi connectivity index (χ0) is 37.5. The van der Waals surface area contributed by atoms with Crippen molar-refractivity contribution < 1.29 is 25.2 Å². The molecule has 0 aliphatic rings. The summed E-state index contributed by atoms with van der Waals surface area (Å²) in [5, 5.41) is 43.5. The molecule has 5 N–H and O–H groups in total. The van der Waals surface area contributed by atoms with Crippen LogP contribution in [0.2, 0.25) is 0 Å². The fourth-order valence-corrected chi connectivity index (χ4v) is 6.81. The Morgan fingerprint density at radius 3 is 1.18 bits per heavy atom. The molecule has 0 heterocycles. The third-order valence-electron chi connectivity index (χ3n) is 10.4. The number of nitrogens with one attached hydrogen (secondary N) is 1. The SMILES string of the molecule is CCCCCCCC/C=C\CCCCC(O)C(=O)NC(CO)C(O)C(O)CCC/C=C/CCCCCCCCCCCCCCCCCCCC. The molecular formula is C45H87NO5. The predicted molar refractivity (Wildman–Crippen MR) is 219 cm³/mol. The maximum Gasteiger partial charge on any atom is 0.249 e. The number of hydrogen-bond acceptors (Lipinski definition) is 5. The zero-order valence-electron chi connectivity index (χ0n) is 33.9. The molecule has 1 amide bonds. The first-order valence-corrected chi connectivity index (χ1v) is 22.2. The van der Waals surface area contributed by atoms with Gasteiger partial charge in [-0.3, -0.25) is 4.79 Å². The molecule has 0 aliphatic carbocycles. The van der Waals surface area contributed by atoms with Crippen LogP contribution in [0.1, 0.15) is 226 Å². The summed E-state index contributed by atoms with van der Waals surface area (Å²) in [4.78, 5) is 12.5. The van der Waals surface area contributed by atoms with Gasteiger partial charge in [0, 0.05) is 0 Å². The number of aliphatic hydroxyl groups is 4. The van der Waals surface area contributed by atoms with Gasteiger partial charge in [0.15, 0.2) is 0 Å². The molecule has 4 unspecified atom stereocenters. The van der Waals surface area contributed by atoms with Gasteiger partial charge in [-0.05, 0) is 64.2 Å². The molecule has 0 aromatic heterocycles. The monoisotopic (exact) mass is 722 g/mol. The minimum absolute atomic E-state index is 0.333. The second-order valence-corrected chi connectivity index (χ2v) is 15.4. The van der Waals surface area contributed by atoms with Crippen molar-refractivity contribution in [3.63, 3.8) is 0 Å². The van der Waals surface area contributed by atoms with Gasteiger partial charge >= 0.3 is 0 Å². The number of rotatable bonds is 40. The average Bonchev–Trinajstić information content (AvgIpc) is 3.13. The topological polar surface area (TPSA) is 110 Å². The Labute approximate surface area is 316 Å². The van der Waals surface area contributed by atoms with E-state index in [2.05, 4.69) is 43.5 Å². The first kappa shape index (κ1) is 49.8. The van der Waals surface area contributed by atoms with E-state index >= 15 is 0 Å². The fraction of sp³-hybridized carbons (Fsp3) is 0.889. The van der Waals surface area contributed by atoms with E-state index in [1.807, 2.05) is 0 Å². The van der Waals surface area contributed by atoms with Crippen molar-refractivity contribution in [1.29, 1.82) is 0 Å². The van der Waals surface area contributed by atoms with Crippen LogP contribution in [-0.4, -0.2) is 57.3 Å². The maximum atomic E-state index is 12.5. The molecule has 0 aliphatic heterocycles. The second kappa shape index (κ2) is 40.0. The van der Waals surface area contributed by atoms with E-state index in [0.29, 0.717) is 12.8 Å². The van der Waals surface area contributed by atoms with Crippen LogP contribution >= 0.6 is 0 Å². The van der Waals surface area contributed by atoms with Gasteiger partial charge in [0.2, 0.25) is 5.91 Å². The van der Waals surface area contributed by atoms with Gasteiger partial charge < -0.3 is 25.7 Å². The third-order valence-corrected chi connectivity index (χ3v) is 10.4. The number of amides is 1. The van der Waals surface area contributed by atoms with Gasteiger partial charge in [0.05, 0.1) is 18.8 Å². The van der Waals surface area contributed by atoms with E-state index in [-0.39, 0.29) is 0 Å². The molecule has 0 rings (SSSR count). The Kier molecular flexibility index (Phi) is 39.0. The zero-order valence-corrected chi connectivity index (χ0v) is 33.9. The molecule has 0 aromatic rings. The molecule has 0 fully saturated rings. The molecule has 0 saturated heterocycles. The lowest BCUT2D eigenvalue weighted by molar-refractivity contribution is -0.132. The lowest BCUT2D eigenvalue weighted by Gasteiger charge is -2.27. The summed E-state index contributed by atoms with van der Waals surface area (Å²) in [7, 11) is 0. The maximum absolute atomic E-state index is 12.5. The lowest BCUT2D eigenvalue weighted by Crippen LogP contribution is -2.53. The summed E-state index contributed by atoms with van der Waals surface area (Å²) in [6.45, 7) is 4.02. The molecule has 0 spiro atoms. The summed E-state index contributed by atoms with van der Waals surface area (Å²) in [6, 6.07) is -1.01. The van der Waals surface area contributed by atoms with E-state index in [9.17, 15) is 25.2 Å². The molecule has 6 nitrogen and oxygen atoms in total. The molecule has 51 heavy (non-hydrogen) atoms. The van der Waals surface area contributed by atoms with E-state index in [0.717, 1.165) is 44.9 Å². The van der Waals surface area contributed by atoms with Crippen LogP contribution in [0.4, 0.5) is 0 Å². The highest BCUT2D eigenvalue weighted by atomic mass is 16.3. The molecular weight excluding hydrogens is 634 g/mol. The quantitative estimate of drug-likeness (QED) is 0.0320. The van der Waals surface area contributed by atoms with Crippen molar-refractivity contribution in [2.75, 3.05) is 6.61 Å². The Hall–Kier alpha value is -1.21. The predicted octanol–water partition coefficient (Wildman–Crippen LogP) is 11.6. The molecule has 4 atom stereocenters. The molecule has 0 radical (unpaired) electrons. The van der Waals surface area contributed by atoms with Crippen molar-refractivity contribution in [3.8, 4) is 0 Å². The van der Waals surface area contributed by atoms with Gasteiger partial charge in [-0.2, -0.15) is 0 Å². The molecule has 0 saturated carbocycles. The van der Waals surface area contributed by atoms with Crippen LogP contribution in [0.3, 0.4) is 0 Å². The van der Waals surface area contributed by atoms with Crippen LogP contribution in [0, 0.1) is 0 Å². The summed E-state index contributed by atoms with van der Waals surface area (Å²) in [5.41, 5.74) is 0. The largest absolute Gasteiger partial charge is 0.394 e. The van der Waals surface area contributed by atoms with Crippen LogP contribution in [0.15, 0.2) is 24.3 Å². The molecule has 6 heteroatoms. The van der Waals surface area contributed by atoms with Crippen molar-refractivity contribution in [1.82, 2.24) is 5.32 Å². The fourth-order valence-electron chi connectivity index (χ4n) is 6.81. The van der Waals surface area contributed by atoms with Crippen LogP contribution in [0.25, 0.3) is 0 Å². The highest BCUT2D eigenvalue weighted by Crippen LogP contribution is 2.16. The molecule has 0 aromatic carbocycles. The second-order valence-electron chi connectivity index (χ2n) is 15.4. The summed E-state index contributed by atoms with van der Waals surface area (Å²) < 4.78 is 0. The first-order chi connectivity index (χ1) is 25.0. The summed E-state index contributed by atoms with van der Waals surface area (Å²) in [6.07, 6.45) is 45.1. The van der Waals surface area contributed by atoms with Crippen molar-refractivity contribution in [2.45, 2.75) is 250 Å². The van der Waals surface area contributed by atoms with E-state index in [4.69, 9.17) is 0 Å². The molecule has 302 valence electrons. The van der Waals surface area contributed by atoms with Crippen LogP contribution < -0.4 is 5.32 Å². The highest BCUT2D eigenvalue weighted by Gasteiger charge is 2.28. The smallest absolute Gasteiger partial charge is 0.249 e. The number of allylic oxidation sites excluding steroid dienone is 4. The number of aliphatic hydroxyl groups excluding tert-OH is 4. The lowest BCUT2D eigenvalue weighted by atomic mass is 10.00.